The van der Waals surface area contributed by atoms with Crippen LogP contribution in [0.25, 0.3) is 6.08 Å². The topological polar surface area (TPSA) is 100 Å². The van der Waals surface area contributed by atoms with E-state index in [1.165, 1.54) is 17.4 Å². The molecule has 0 bridgehead atoms. The summed E-state index contributed by atoms with van der Waals surface area (Å²) in [5.74, 6) is 0.552. The quantitative estimate of drug-likeness (QED) is 0.376. The molecule has 8 nitrogen and oxygen atoms in total. The maximum Gasteiger partial charge on any atom is 0.268 e. The summed E-state index contributed by atoms with van der Waals surface area (Å²) in [6.45, 7) is 4.32. The second-order valence-corrected chi connectivity index (χ2v) is 8.85. The first-order chi connectivity index (χ1) is 16.6. The Labute approximate surface area is 202 Å². The molecular formula is C25H25N5O3S. The maximum atomic E-state index is 12.7. The Morgan fingerprint density at radius 2 is 2.03 bits per heavy atom. The predicted molar refractivity (Wildman–Crippen MR) is 132 cm³/mol. The third-order valence-corrected chi connectivity index (χ3v) is 6.25. The highest BCUT2D eigenvalue weighted by Crippen LogP contribution is 2.30. The molecule has 2 heterocycles. The first kappa shape index (κ1) is 23.3. The van der Waals surface area contributed by atoms with Gasteiger partial charge in [-0.2, -0.15) is 5.26 Å². The van der Waals surface area contributed by atoms with E-state index in [0.717, 1.165) is 42.2 Å². The van der Waals surface area contributed by atoms with Gasteiger partial charge in [-0.1, -0.05) is 47.2 Å². The van der Waals surface area contributed by atoms with Crippen molar-refractivity contribution in [2.24, 2.45) is 0 Å². The van der Waals surface area contributed by atoms with E-state index in [0.29, 0.717) is 28.8 Å². The number of methoxy groups -OCH3 is 1. The predicted octanol–water partition coefficient (Wildman–Crippen LogP) is 4.58. The van der Waals surface area contributed by atoms with Crippen LogP contribution >= 0.6 is 11.3 Å². The minimum atomic E-state index is -0.537. The summed E-state index contributed by atoms with van der Waals surface area (Å²) in [7, 11) is 1.55. The number of amides is 1. The summed E-state index contributed by atoms with van der Waals surface area (Å²) in [5, 5.41) is 21.5. The molecule has 0 atom stereocenters. The van der Waals surface area contributed by atoms with Gasteiger partial charge in [0.2, 0.25) is 10.3 Å². The summed E-state index contributed by atoms with van der Waals surface area (Å²) in [5.41, 5.74) is 2.81. The second-order valence-electron chi connectivity index (χ2n) is 7.90. The first-order valence-corrected chi connectivity index (χ1v) is 11.8. The minimum Gasteiger partial charge on any atom is -0.493 e. The molecule has 1 saturated heterocycles. The Hall–Kier alpha value is -3.90. The Morgan fingerprint density at radius 3 is 2.76 bits per heavy atom. The van der Waals surface area contributed by atoms with Gasteiger partial charge in [0.15, 0.2) is 11.5 Å². The first-order valence-electron chi connectivity index (χ1n) is 10.9. The molecule has 4 rings (SSSR count). The minimum absolute atomic E-state index is 0.0478. The lowest BCUT2D eigenvalue weighted by Crippen LogP contribution is -2.17. The van der Waals surface area contributed by atoms with Gasteiger partial charge in [0.05, 0.1) is 7.11 Å². The van der Waals surface area contributed by atoms with Gasteiger partial charge in [-0.3, -0.25) is 10.1 Å². The molecular weight excluding hydrogens is 450 g/mol. The van der Waals surface area contributed by atoms with Gasteiger partial charge < -0.3 is 14.4 Å². The molecule has 9 heteroatoms. The average molecular weight is 476 g/mol. The number of nitrogens with one attached hydrogen (secondary N) is 1. The van der Waals surface area contributed by atoms with Gasteiger partial charge >= 0.3 is 0 Å². The number of nitriles is 1. The molecule has 1 aliphatic rings. The molecule has 34 heavy (non-hydrogen) atoms. The van der Waals surface area contributed by atoms with Crippen LogP contribution in [0.1, 0.15) is 29.5 Å². The largest absolute Gasteiger partial charge is 0.493 e. The van der Waals surface area contributed by atoms with Crippen molar-refractivity contribution in [1.29, 1.82) is 5.26 Å². The highest BCUT2D eigenvalue weighted by Gasteiger charge is 2.18. The van der Waals surface area contributed by atoms with Crippen LogP contribution in [0.15, 0.2) is 48.0 Å². The number of rotatable bonds is 8. The highest BCUT2D eigenvalue weighted by atomic mass is 32.1. The molecule has 174 valence electrons. The van der Waals surface area contributed by atoms with Crippen LogP contribution in [0.3, 0.4) is 0 Å². The number of carbonyl (C=O) groups excluding carboxylic acids is 1. The third kappa shape index (κ3) is 5.71. The second kappa shape index (κ2) is 10.8. The summed E-state index contributed by atoms with van der Waals surface area (Å²) >= 11 is 1.30. The number of aromatic nitrogens is 2. The van der Waals surface area contributed by atoms with Crippen LogP contribution in [0, 0.1) is 18.3 Å². The average Bonchev–Trinajstić information content (AvgIpc) is 3.53. The van der Waals surface area contributed by atoms with Crippen LogP contribution in [0.2, 0.25) is 0 Å². The Kier molecular flexibility index (Phi) is 7.40. The Balaban J connectivity index is 1.44. The molecule has 1 fully saturated rings. The number of hydrogen-bond acceptors (Lipinski definition) is 8. The number of carbonyl (C=O) groups is 1. The van der Waals surface area contributed by atoms with Crippen LogP contribution in [-0.4, -0.2) is 36.3 Å². The van der Waals surface area contributed by atoms with E-state index >= 15 is 0 Å². The lowest BCUT2D eigenvalue weighted by atomic mass is 10.1. The number of nitrogens with zero attached hydrogens (tertiary/aromatic N) is 4. The van der Waals surface area contributed by atoms with Crippen molar-refractivity contribution in [1.82, 2.24) is 10.2 Å². The van der Waals surface area contributed by atoms with Gasteiger partial charge in [-0.05, 0) is 49.1 Å². The summed E-state index contributed by atoms with van der Waals surface area (Å²) in [6, 6.07) is 15.3. The Morgan fingerprint density at radius 1 is 1.21 bits per heavy atom. The zero-order valence-electron chi connectivity index (χ0n) is 19.1. The molecule has 0 unspecified atom stereocenters. The molecule has 1 amide bonds. The summed E-state index contributed by atoms with van der Waals surface area (Å²) in [6.07, 6.45) is 3.76. The molecule has 2 aromatic carbocycles. The van der Waals surface area contributed by atoms with Crippen molar-refractivity contribution < 1.29 is 14.3 Å². The molecule has 0 spiro atoms. The fourth-order valence-corrected chi connectivity index (χ4v) is 4.43. The maximum absolute atomic E-state index is 12.7. The van der Waals surface area contributed by atoms with E-state index in [9.17, 15) is 10.1 Å². The number of hydrogen-bond donors (Lipinski definition) is 1. The van der Waals surface area contributed by atoms with Crippen molar-refractivity contribution in [2.45, 2.75) is 26.4 Å². The fourth-order valence-electron chi connectivity index (χ4n) is 3.64. The standard InChI is InChI=1S/C25H25N5O3S/c1-17-6-5-7-19(12-17)16-33-21-9-8-18(14-22(21)32-2)13-20(15-26)23(31)27-24-28-29-25(34-24)30-10-3-4-11-30/h5-9,12-14H,3-4,10-11,16H2,1-2H3,(H,27,28,31)/b20-13-. The van der Waals surface area contributed by atoms with Crippen molar-refractivity contribution in [3.63, 3.8) is 0 Å². The molecule has 1 aromatic heterocycles. The highest BCUT2D eigenvalue weighted by molar-refractivity contribution is 7.19. The van der Waals surface area contributed by atoms with Gasteiger partial charge in [-0.25, -0.2) is 0 Å². The van der Waals surface area contributed by atoms with Crippen molar-refractivity contribution in [3.05, 3.63) is 64.7 Å². The van der Waals surface area contributed by atoms with E-state index < -0.39 is 5.91 Å². The molecule has 3 aromatic rings. The van der Waals surface area contributed by atoms with Gasteiger partial charge in [0, 0.05) is 13.1 Å². The summed E-state index contributed by atoms with van der Waals surface area (Å²) in [4.78, 5) is 14.8. The lowest BCUT2D eigenvalue weighted by Gasteiger charge is -2.12. The van der Waals surface area contributed by atoms with E-state index in [1.54, 1.807) is 25.3 Å². The van der Waals surface area contributed by atoms with Crippen LogP contribution < -0.4 is 19.7 Å². The third-order valence-electron chi connectivity index (χ3n) is 5.35. The molecule has 0 saturated carbocycles. The molecule has 0 radical (unpaired) electrons. The van der Waals surface area contributed by atoms with Crippen molar-refractivity contribution in [3.8, 4) is 17.6 Å². The monoisotopic (exact) mass is 475 g/mol. The van der Waals surface area contributed by atoms with Gasteiger partial charge in [0.1, 0.15) is 18.2 Å². The number of benzene rings is 2. The van der Waals surface area contributed by atoms with E-state index in [4.69, 9.17) is 9.47 Å². The van der Waals surface area contributed by atoms with Crippen molar-refractivity contribution >= 4 is 33.6 Å². The van der Waals surface area contributed by atoms with Crippen LogP contribution in [0.4, 0.5) is 10.3 Å². The fraction of sp³-hybridized carbons (Fsp3) is 0.280. The zero-order chi connectivity index (χ0) is 23.9. The van der Waals surface area contributed by atoms with E-state index in [-0.39, 0.29) is 5.57 Å². The van der Waals surface area contributed by atoms with Gasteiger partial charge in [0.25, 0.3) is 5.91 Å². The van der Waals surface area contributed by atoms with Crippen LogP contribution in [-0.2, 0) is 11.4 Å². The number of aryl methyl sites for hydroxylation is 1. The normalized spacial score (nSPS) is 13.4. The van der Waals surface area contributed by atoms with Crippen LogP contribution in [0.5, 0.6) is 11.5 Å². The zero-order valence-corrected chi connectivity index (χ0v) is 19.9. The molecule has 1 aliphatic heterocycles. The van der Waals surface area contributed by atoms with E-state index in [2.05, 4.69) is 26.5 Å². The van der Waals surface area contributed by atoms with Gasteiger partial charge in [-0.15, -0.1) is 10.2 Å². The Bertz CT molecular complexity index is 1240. The molecule has 0 aliphatic carbocycles. The smallest absolute Gasteiger partial charge is 0.268 e. The lowest BCUT2D eigenvalue weighted by molar-refractivity contribution is -0.112. The number of anilines is 2. The van der Waals surface area contributed by atoms with E-state index in [1.807, 2.05) is 31.2 Å². The van der Waals surface area contributed by atoms with Crippen molar-refractivity contribution in [2.75, 3.05) is 30.4 Å². The molecule has 1 N–H and O–H groups in total. The number of ether oxygens (including phenoxy) is 2. The summed E-state index contributed by atoms with van der Waals surface area (Å²) < 4.78 is 11.4. The SMILES string of the molecule is COc1cc(/C=C(/C#N)C(=O)Nc2nnc(N3CCCC3)s2)ccc1OCc1cccc(C)c1.